The van der Waals surface area contributed by atoms with Crippen LogP contribution in [-0.2, 0) is 25.5 Å². The summed E-state index contributed by atoms with van der Waals surface area (Å²) in [4.78, 5) is 40.2. The molecule has 0 bridgehead atoms. The predicted molar refractivity (Wildman–Crippen MR) is 149 cm³/mol. The van der Waals surface area contributed by atoms with Gasteiger partial charge in [0.05, 0.1) is 24.4 Å². The van der Waals surface area contributed by atoms with E-state index in [-0.39, 0.29) is 24.7 Å². The van der Waals surface area contributed by atoms with Crippen molar-refractivity contribution in [3.63, 3.8) is 0 Å². The molecule has 2 amide bonds. The molecule has 4 rings (SSSR count). The molecule has 2 aliphatic rings. The summed E-state index contributed by atoms with van der Waals surface area (Å²) in [7, 11) is 0. The van der Waals surface area contributed by atoms with Gasteiger partial charge >= 0.3 is 5.97 Å². The number of imide groups is 1. The van der Waals surface area contributed by atoms with Gasteiger partial charge in [-0.3, -0.25) is 14.5 Å². The fourth-order valence-electron chi connectivity index (χ4n) is 4.28. The number of carbonyl (C=O) groups excluding carboxylic acids is 3. The van der Waals surface area contributed by atoms with E-state index < -0.39 is 22.5 Å². The van der Waals surface area contributed by atoms with E-state index in [9.17, 15) is 14.4 Å². The maximum Gasteiger partial charge on any atom is 0.329 e. The topological polar surface area (TPSA) is 85.4 Å². The van der Waals surface area contributed by atoms with E-state index in [4.69, 9.17) is 38.0 Å². The molecular formula is C27H29ClN2O6S2. The molecule has 0 aliphatic carbocycles. The molecule has 0 aromatic heterocycles. The van der Waals surface area contributed by atoms with Gasteiger partial charge in [0.25, 0.3) is 10.4 Å². The van der Waals surface area contributed by atoms with E-state index in [0.717, 1.165) is 27.8 Å². The molecule has 0 N–H and O–H groups in total. The van der Waals surface area contributed by atoms with E-state index in [2.05, 4.69) is 0 Å². The van der Waals surface area contributed by atoms with Crippen molar-refractivity contribution in [3.05, 3.63) is 64.7 Å². The van der Waals surface area contributed by atoms with E-state index in [0.29, 0.717) is 35.5 Å². The maximum atomic E-state index is 12.8. The number of benzene rings is 2. The lowest BCUT2D eigenvalue weighted by Crippen LogP contribution is -2.44. The minimum absolute atomic E-state index is 0.0164. The first-order chi connectivity index (χ1) is 18.2. The van der Waals surface area contributed by atoms with Gasteiger partial charge < -0.3 is 19.1 Å². The van der Waals surface area contributed by atoms with Crippen LogP contribution in [0.2, 0.25) is 5.02 Å². The largest absolute Gasteiger partial charge is 0.491 e. The van der Waals surface area contributed by atoms with Gasteiger partial charge in [-0.25, -0.2) is 4.79 Å². The normalized spacial score (nSPS) is 20.9. The monoisotopic (exact) mass is 576 g/mol. The molecule has 2 aliphatic heterocycles. The Morgan fingerprint density at radius 2 is 1.95 bits per heavy atom. The highest BCUT2D eigenvalue weighted by Crippen LogP contribution is 2.32. The van der Waals surface area contributed by atoms with Crippen molar-refractivity contribution in [2.45, 2.75) is 50.6 Å². The van der Waals surface area contributed by atoms with Gasteiger partial charge in [-0.1, -0.05) is 47.6 Å². The first-order valence-corrected chi connectivity index (χ1v) is 14.0. The Balaban J connectivity index is 1.28. The standard InChI is InChI=1S/C27H29ClN2O6S2/c1-4-34-25(32)17(3)30-24(31)23(38-26(30)33)12-18-8-10-21(11-9-18)35-15-16(2)29-14-22(36-27(29)37)19-6-5-7-20(28)13-19/h5-11,13,16-17,22-23H,4,12,14-15H2,1-3H3. The van der Waals surface area contributed by atoms with Gasteiger partial charge in [-0.2, -0.15) is 0 Å². The summed E-state index contributed by atoms with van der Waals surface area (Å²) >= 11 is 12.5. The molecule has 0 radical (unpaired) electrons. The summed E-state index contributed by atoms with van der Waals surface area (Å²) in [5, 5.41) is 0.0630. The zero-order valence-electron chi connectivity index (χ0n) is 21.3. The Labute approximate surface area is 236 Å². The fraction of sp³-hybridized carbons (Fsp3) is 0.407. The van der Waals surface area contributed by atoms with E-state index >= 15 is 0 Å². The first-order valence-electron chi connectivity index (χ1n) is 12.3. The number of rotatable bonds is 10. The zero-order valence-corrected chi connectivity index (χ0v) is 23.7. The van der Waals surface area contributed by atoms with Crippen LogP contribution in [0.4, 0.5) is 4.79 Å². The summed E-state index contributed by atoms with van der Waals surface area (Å²) in [5.74, 6) is -0.293. The molecule has 8 nitrogen and oxygen atoms in total. The second-order valence-electron chi connectivity index (χ2n) is 9.10. The van der Waals surface area contributed by atoms with E-state index in [1.807, 2.05) is 60.4 Å². The Kier molecular flexibility index (Phi) is 9.17. The number of carbonyl (C=O) groups is 3. The molecule has 4 atom stereocenters. The molecule has 2 saturated heterocycles. The Bertz CT molecular complexity index is 1210. The number of halogens is 1. The number of hydrogen-bond acceptors (Lipinski definition) is 8. The van der Waals surface area contributed by atoms with Gasteiger partial charge in [0, 0.05) is 5.02 Å². The number of hydrogen-bond donors (Lipinski definition) is 0. The van der Waals surface area contributed by atoms with Crippen molar-refractivity contribution < 1.29 is 28.6 Å². The molecule has 2 fully saturated rings. The highest BCUT2D eigenvalue weighted by molar-refractivity contribution is 8.15. The molecule has 38 heavy (non-hydrogen) atoms. The smallest absolute Gasteiger partial charge is 0.329 e. The number of esters is 1. The van der Waals surface area contributed by atoms with Gasteiger partial charge in [-0.15, -0.1) is 0 Å². The molecule has 4 unspecified atom stereocenters. The highest BCUT2D eigenvalue weighted by atomic mass is 35.5. The summed E-state index contributed by atoms with van der Waals surface area (Å²) in [6.45, 7) is 6.40. The molecular weight excluding hydrogens is 548 g/mol. The van der Waals surface area contributed by atoms with Crippen LogP contribution in [0.1, 0.15) is 38.0 Å². The van der Waals surface area contributed by atoms with Gasteiger partial charge in [0.2, 0.25) is 5.91 Å². The first kappa shape index (κ1) is 28.2. The lowest BCUT2D eigenvalue weighted by atomic mass is 10.1. The third-order valence-electron chi connectivity index (χ3n) is 6.40. The highest BCUT2D eigenvalue weighted by Gasteiger charge is 2.44. The van der Waals surface area contributed by atoms with Crippen molar-refractivity contribution in [1.82, 2.24) is 9.80 Å². The lowest BCUT2D eigenvalue weighted by molar-refractivity contribution is -0.151. The van der Waals surface area contributed by atoms with Crippen molar-refractivity contribution >= 4 is 57.9 Å². The second-order valence-corrected chi connectivity index (χ2v) is 11.0. The van der Waals surface area contributed by atoms with Crippen molar-refractivity contribution in [2.75, 3.05) is 19.8 Å². The van der Waals surface area contributed by atoms with Crippen LogP contribution in [0.5, 0.6) is 5.75 Å². The number of nitrogens with zero attached hydrogens (tertiary/aromatic N) is 2. The third-order valence-corrected chi connectivity index (χ3v) is 8.01. The quantitative estimate of drug-likeness (QED) is 0.286. The number of thiocarbonyl (C=S) groups is 1. The Hall–Kier alpha value is -2.82. The van der Waals surface area contributed by atoms with Crippen molar-refractivity contribution in [2.24, 2.45) is 0 Å². The third kappa shape index (κ3) is 6.42. The van der Waals surface area contributed by atoms with E-state index in [1.165, 1.54) is 6.92 Å². The molecule has 0 spiro atoms. The lowest BCUT2D eigenvalue weighted by Gasteiger charge is -2.23. The minimum Gasteiger partial charge on any atom is -0.491 e. The summed E-state index contributed by atoms with van der Waals surface area (Å²) < 4.78 is 16.8. The Morgan fingerprint density at radius 1 is 1.21 bits per heavy atom. The van der Waals surface area contributed by atoms with E-state index in [1.54, 1.807) is 6.92 Å². The van der Waals surface area contributed by atoms with Crippen LogP contribution in [-0.4, -0.2) is 69.2 Å². The van der Waals surface area contributed by atoms with Gasteiger partial charge in [0.15, 0.2) is 0 Å². The molecule has 2 aromatic rings. The van der Waals surface area contributed by atoms with Crippen LogP contribution in [0.25, 0.3) is 0 Å². The summed E-state index contributed by atoms with van der Waals surface area (Å²) in [6, 6.07) is 14.0. The SMILES string of the molecule is CCOC(=O)C(C)N1C(=O)SC(Cc2ccc(OCC(C)N3CC(c4cccc(Cl)c4)OC3=S)cc2)C1=O. The van der Waals surface area contributed by atoms with Crippen molar-refractivity contribution in [3.8, 4) is 5.75 Å². The molecule has 2 heterocycles. The number of thioether (sulfide) groups is 1. The summed E-state index contributed by atoms with van der Waals surface area (Å²) in [5.41, 5.74) is 1.86. The zero-order chi connectivity index (χ0) is 27.4. The van der Waals surface area contributed by atoms with Gasteiger partial charge in [-0.05, 0) is 74.8 Å². The molecule has 2 aromatic carbocycles. The Morgan fingerprint density at radius 3 is 2.63 bits per heavy atom. The summed E-state index contributed by atoms with van der Waals surface area (Å²) in [6.07, 6.45) is 0.185. The van der Waals surface area contributed by atoms with Crippen LogP contribution in [0.3, 0.4) is 0 Å². The van der Waals surface area contributed by atoms with Crippen LogP contribution in [0, 0.1) is 0 Å². The second kappa shape index (κ2) is 12.4. The van der Waals surface area contributed by atoms with Crippen LogP contribution in [0.15, 0.2) is 48.5 Å². The predicted octanol–water partition coefficient (Wildman–Crippen LogP) is 5.02. The number of ether oxygens (including phenoxy) is 3. The average Bonchev–Trinajstić information content (AvgIpc) is 3.41. The molecule has 11 heteroatoms. The average molecular weight is 577 g/mol. The molecule has 0 saturated carbocycles. The van der Waals surface area contributed by atoms with Crippen LogP contribution >= 0.6 is 35.6 Å². The fourth-order valence-corrected chi connectivity index (χ4v) is 5.95. The maximum absolute atomic E-state index is 12.8. The number of amides is 2. The minimum atomic E-state index is -0.945. The van der Waals surface area contributed by atoms with Crippen molar-refractivity contribution in [1.29, 1.82) is 0 Å². The molecule has 202 valence electrons. The van der Waals surface area contributed by atoms with Crippen LogP contribution < -0.4 is 4.74 Å². The van der Waals surface area contributed by atoms with Gasteiger partial charge in [0.1, 0.15) is 24.5 Å².